The molecule has 0 spiro atoms. The summed E-state index contributed by atoms with van der Waals surface area (Å²) in [5, 5.41) is 4.08. The minimum Gasteiger partial charge on any atom is -0.269 e. The van der Waals surface area contributed by atoms with Crippen molar-refractivity contribution in [2.45, 2.75) is 29.5 Å². The molecule has 0 atom stereocenters. The molecule has 1 fully saturated rings. The van der Waals surface area contributed by atoms with Gasteiger partial charge in [0.15, 0.2) is 0 Å². The van der Waals surface area contributed by atoms with E-state index in [1.807, 2.05) is 6.92 Å². The Bertz CT molecular complexity index is 1000. The maximum atomic E-state index is 12.9. The smallest absolute Gasteiger partial charge is 0.252 e. The molecule has 0 bridgehead atoms. The van der Waals surface area contributed by atoms with Crippen LogP contribution in [0.25, 0.3) is 0 Å². The maximum Gasteiger partial charge on any atom is 0.252 e. The van der Waals surface area contributed by atoms with Crippen molar-refractivity contribution >= 4 is 43.0 Å². The van der Waals surface area contributed by atoms with Gasteiger partial charge in [-0.1, -0.05) is 11.6 Å². The van der Waals surface area contributed by atoms with Crippen molar-refractivity contribution in [3.8, 4) is 0 Å². The second-order valence-electron chi connectivity index (χ2n) is 5.78. The summed E-state index contributed by atoms with van der Waals surface area (Å²) < 4.78 is 55.7. The molecule has 1 aliphatic heterocycles. The summed E-state index contributed by atoms with van der Waals surface area (Å²) in [6, 6.07) is 3.00. The van der Waals surface area contributed by atoms with Crippen LogP contribution in [0.2, 0.25) is 4.34 Å². The zero-order valence-corrected chi connectivity index (χ0v) is 17.5. The highest BCUT2D eigenvalue weighted by molar-refractivity contribution is 7.91. The molecule has 2 aromatic heterocycles. The summed E-state index contributed by atoms with van der Waals surface area (Å²) in [5.41, 5.74) is 0.579. The van der Waals surface area contributed by atoms with Crippen LogP contribution in [0.15, 0.2) is 27.4 Å². The monoisotopic (exact) mass is 438 g/mol. The second-order valence-corrected chi connectivity index (χ2v) is 11.6. The van der Waals surface area contributed by atoms with Crippen LogP contribution in [0.1, 0.15) is 12.6 Å². The van der Waals surface area contributed by atoms with Gasteiger partial charge in [0.25, 0.3) is 10.0 Å². The second kappa shape index (κ2) is 7.21. The fraction of sp³-hybridized carbons (Fsp3) is 0.500. The highest BCUT2D eigenvalue weighted by Crippen LogP contribution is 2.29. The average Bonchev–Trinajstić information content (AvgIpc) is 3.21. The van der Waals surface area contributed by atoms with Gasteiger partial charge in [-0.05, 0) is 26.0 Å². The molecule has 0 aliphatic carbocycles. The largest absolute Gasteiger partial charge is 0.269 e. The molecule has 0 aromatic carbocycles. The summed E-state index contributed by atoms with van der Waals surface area (Å²) in [7, 11) is -7.35. The first-order chi connectivity index (χ1) is 12.2. The van der Waals surface area contributed by atoms with Gasteiger partial charge >= 0.3 is 0 Å². The van der Waals surface area contributed by atoms with E-state index < -0.39 is 20.0 Å². The first-order valence-corrected chi connectivity index (χ1v) is 12.0. The molecule has 0 amide bonds. The van der Waals surface area contributed by atoms with Crippen molar-refractivity contribution < 1.29 is 16.8 Å². The van der Waals surface area contributed by atoms with Crippen LogP contribution < -0.4 is 0 Å². The van der Waals surface area contributed by atoms with Crippen LogP contribution in [0, 0.1) is 6.92 Å². The third-order valence-electron chi connectivity index (χ3n) is 4.32. The molecule has 144 valence electrons. The summed E-state index contributed by atoms with van der Waals surface area (Å²) in [5.74, 6) is 0. The van der Waals surface area contributed by atoms with Gasteiger partial charge < -0.3 is 0 Å². The van der Waals surface area contributed by atoms with E-state index in [9.17, 15) is 16.8 Å². The molecule has 8 nitrogen and oxygen atoms in total. The molecule has 0 unspecified atom stereocenters. The molecule has 0 N–H and O–H groups in total. The Morgan fingerprint density at radius 3 is 2.12 bits per heavy atom. The van der Waals surface area contributed by atoms with Crippen LogP contribution in [0.4, 0.5) is 0 Å². The van der Waals surface area contributed by atoms with E-state index in [4.69, 9.17) is 11.6 Å². The number of halogens is 1. The van der Waals surface area contributed by atoms with Crippen LogP contribution in [-0.4, -0.2) is 61.4 Å². The molecular weight excluding hydrogens is 420 g/mol. The number of piperazine rings is 1. The minimum atomic E-state index is -3.70. The zero-order chi connectivity index (χ0) is 19.1. The Labute approximate surface area is 162 Å². The maximum absolute atomic E-state index is 12.9. The fourth-order valence-corrected chi connectivity index (χ4v) is 7.50. The van der Waals surface area contributed by atoms with E-state index >= 15 is 0 Å². The summed E-state index contributed by atoms with van der Waals surface area (Å²) in [4.78, 5) is 0.167. The lowest BCUT2D eigenvalue weighted by Crippen LogP contribution is -2.50. The van der Waals surface area contributed by atoms with Gasteiger partial charge in [0, 0.05) is 32.7 Å². The number of nitrogens with zero attached hydrogens (tertiary/aromatic N) is 4. The Hall–Kier alpha value is -0.980. The van der Waals surface area contributed by atoms with Crippen LogP contribution in [-0.2, 0) is 26.6 Å². The topological polar surface area (TPSA) is 92.6 Å². The first-order valence-electron chi connectivity index (χ1n) is 7.96. The number of hydrogen-bond acceptors (Lipinski definition) is 6. The van der Waals surface area contributed by atoms with E-state index in [0.29, 0.717) is 16.6 Å². The number of thiophene rings is 1. The quantitative estimate of drug-likeness (QED) is 0.707. The summed E-state index contributed by atoms with van der Waals surface area (Å²) in [6.07, 6.45) is 1.35. The number of sulfonamides is 2. The van der Waals surface area contributed by atoms with E-state index in [2.05, 4.69) is 5.10 Å². The van der Waals surface area contributed by atoms with Gasteiger partial charge in [0.05, 0.1) is 16.2 Å². The van der Waals surface area contributed by atoms with Gasteiger partial charge in [-0.2, -0.15) is 13.7 Å². The molecule has 3 heterocycles. The third-order valence-corrected chi connectivity index (χ3v) is 9.91. The number of rotatable bonds is 5. The van der Waals surface area contributed by atoms with E-state index in [-0.39, 0.29) is 35.3 Å². The standard InChI is InChI=1S/C14H19ClN4O4S3/c1-3-19-11(2)12(10-16-19)25(20,21)17-6-8-18(9-7-17)26(22,23)14-5-4-13(15)24-14/h4-5,10H,3,6-9H2,1-2H3. The van der Waals surface area contributed by atoms with Crippen molar-refractivity contribution in [3.63, 3.8) is 0 Å². The van der Waals surface area contributed by atoms with Gasteiger partial charge in [-0.3, -0.25) is 4.68 Å². The van der Waals surface area contributed by atoms with Crippen LogP contribution >= 0.6 is 22.9 Å². The highest BCUT2D eigenvalue weighted by atomic mass is 35.5. The Balaban J connectivity index is 1.76. The molecule has 3 rings (SSSR count). The first kappa shape index (κ1) is 19.8. The number of hydrogen-bond donors (Lipinski definition) is 0. The molecule has 1 aliphatic rings. The molecule has 12 heteroatoms. The number of aromatic nitrogens is 2. The minimum absolute atomic E-state index is 0.0947. The van der Waals surface area contributed by atoms with Crippen molar-refractivity contribution in [2.75, 3.05) is 26.2 Å². The molecule has 0 saturated carbocycles. The predicted octanol–water partition coefficient (Wildman–Crippen LogP) is 1.62. The molecule has 1 saturated heterocycles. The van der Waals surface area contributed by atoms with Crippen molar-refractivity contribution in [3.05, 3.63) is 28.4 Å². The molecule has 26 heavy (non-hydrogen) atoms. The number of aryl methyl sites for hydroxylation is 1. The van der Waals surface area contributed by atoms with Gasteiger partial charge in [-0.25, -0.2) is 16.8 Å². The predicted molar refractivity (Wildman–Crippen MR) is 99.5 cm³/mol. The molecule has 2 aromatic rings. The molecule has 0 radical (unpaired) electrons. The van der Waals surface area contributed by atoms with Gasteiger partial charge in [-0.15, -0.1) is 11.3 Å². The lowest BCUT2D eigenvalue weighted by molar-refractivity contribution is 0.273. The van der Waals surface area contributed by atoms with E-state index in [1.165, 1.54) is 26.9 Å². The summed E-state index contributed by atoms with van der Waals surface area (Å²) in [6.45, 7) is 4.56. The third kappa shape index (κ3) is 3.43. The fourth-order valence-electron chi connectivity index (χ4n) is 2.85. The van der Waals surface area contributed by atoms with Crippen molar-refractivity contribution in [2.24, 2.45) is 0 Å². The Kier molecular flexibility index (Phi) is 5.48. The zero-order valence-electron chi connectivity index (χ0n) is 14.3. The lowest BCUT2D eigenvalue weighted by atomic mass is 10.4. The normalized spacial score (nSPS) is 17.7. The van der Waals surface area contributed by atoms with Gasteiger partial charge in [0.2, 0.25) is 10.0 Å². The summed E-state index contributed by atoms with van der Waals surface area (Å²) >= 11 is 6.82. The van der Waals surface area contributed by atoms with Crippen LogP contribution in [0.3, 0.4) is 0 Å². The SMILES string of the molecule is CCn1ncc(S(=O)(=O)N2CCN(S(=O)(=O)c3ccc(Cl)s3)CC2)c1C. The van der Waals surface area contributed by atoms with Crippen LogP contribution in [0.5, 0.6) is 0 Å². The Morgan fingerprint density at radius 1 is 1.08 bits per heavy atom. The average molecular weight is 439 g/mol. The van der Waals surface area contributed by atoms with Crippen molar-refractivity contribution in [1.82, 2.24) is 18.4 Å². The van der Waals surface area contributed by atoms with Crippen molar-refractivity contribution in [1.29, 1.82) is 0 Å². The molecular formula is C14H19ClN4O4S3. The Morgan fingerprint density at radius 2 is 1.65 bits per heavy atom. The van der Waals surface area contributed by atoms with E-state index in [1.54, 1.807) is 11.6 Å². The highest BCUT2D eigenvalue weighted by Gasteiger charge is 2.35. The van der Waals surface area contributed by atoms with E-state index in [0.717, 1.165) is 11.3 Å². The van der Waals surface area contributed by atoms with Gasteiger partial charge in [0.1, 0.15) is 9.10 Å². The lowest BCUT2D eigenvalue weighted by Gasteiger charge is -2.32.